The van der Waals surface area contributed by atoms with Crippen molar-refractivity contribution in [3.05, 3.63) is 65.2 Å². The van der Waals surface area contributed by atoms with Gasteiger partial charge in [-0.05, 0) is 23.8 Å². The number of nitrogens with one attached hydrogen (secondary N) is 1. The zero-order valence-electron chi connectivity index (χ0n) is 11.8. The molecule has 1 unspecified atom stereocenters. The van der Waals surface area contributed by atoms with E-state index in [0.717, 1.165) is 23.4 Å². The van der Waals surface area contributed by atoms with Crippen LogP contribution < -0.4 is 10.1 Å². The molecule has 21 heavy (non-hydrogen) atoms. The molecule has 0 aliphatic carbocycles. The van der Waals surface area contributed by atoms with E-state index in [1.807, 2.05) is 30.3 Å². The summed E-state index contributed by atoms with van der Waals surface area (Å²) in [4.78, 5) is 11.4. The minimum atomic E-state index is -0.320. The molecular formula is C17H17NO3. The van der Waals surface area contributed by atoms with Crippen LogP contribution in [-0.4, -0.2) is 19.7 Å². The highest BCUT2D eigenvalue weighted by molar-refractivity contribution is 5.89. The maximum absolute atomic E-state index is 11.4. The van der Waals surface area contributed by atoms with Gasteiger partial charge in [-0.15, -0.1) is 0 Å². The van der Waals surface area contributed by atoms with Crippen LogP contribution >= 0.6 is 0 Å². The van der Waals surface area contributed by atoms with Gasteiger partial charge in [0.05, 0.1) is 18.7 Å². The fourth-order valence-corrected chi connectivity index (χ4v) is 2.44. The fraction of sp³-hybridized carbons (Fsp3) is 0.235. The first-order valence-electron chi connectivity index (χ1n) is 6.90. The quantitative estimate of drug-likeness (QED) is 0.861. The minimum Gasteiger partial charge on any atom is -0.491 e. The average Bonchev–Trinajstić information content (AvgIpc) is 2.77. The Hall–Kier alpha value is -2.33. The zero-order valence-corrected chi connectivity index (χ0v) is 11.8. The van der Waals surface area contributed by atoms with Crippen LogP contribution in [0.25, 0.3) is 0 Å². The lowest BCUT2D eigenvalue weighted by atomic mass is 10.1. The molecule has 4 nitrogen and oxygen atoms in total. The van der Waals surface area contributed by atoms with E-state index in [4.69, 9.17) is 9.47 Å². The zero-order chi connectivity index (χ0) is 14.7. The van der Waals surface area contributed by atoms with E-state index in [1.54, 1.807) is 12.1 Å². The van der Waals surface area contributed by atoms with Gasteiger partial charge in [-0.1, -0.05) is 30.3 Å². The Bertz CT molecular complexity index is 610. The summed E-state index contributed by atoms with van der Waals surface area (Å²) in [5, 5.41) is 3.48. The van der Waals surface area contributed by atoms with E-state index in [0.29, 0.717) is 12.2 Å². The van der Waals surface area contributed by atoms with Crippen LogP contribution in [0.4, 0.5) is 0 Å². The topological polar surface area (TPSA) is 47.6 Å². The van der Waals surface area contributed by atoms with Gasteiger partial charge in [-0.25, -0.2) is 4.79 Å². The highest BCUT2D eigenvalue weighted by Gasteiger charge is 2.18. The number of carbonyl (C=O) groups is 1. The van der Waals surface area contributed by atoms with Gasteiger partial charge >= 0.3 is 5.97 Å². The van der Waals surface area contributed by atoms with Gasteiger partial charge in [-0.2, -0.15) is 0 Å². The Labute approximate surface area is 123 Å². The van der Waals surface area contributed by atoms with Gasteiger partial charge in [0.1, 0.15) is 12.4 Å². The number of esters is 1. The maximum Gasteiger partial charge on any atom is 0.337 e. The molecule has 108 valence electrons. The molecule has 1 atom stereocenters. The first-order valence-corrected chi connectivity index (χ1v) is 6.90. The Morgan fingerprint density at radius 2 is 1.95 bits per heavy atom. The number of benzene rings is 2. The largest absolute Gasteiger partial charge is 0.491 e. The minimum absolute atomic E-state index is 0.101. The molecule has 0 amide bonds. The molecule has 1 aliphatic rings. The fourth-order valence-electron chi connectivity index (χ4n) is 2.44. The van der Waals surface area contributed by atoms with Crippen LogP contribution in [0.5, 0.6) is 5.75 Å². The van der Waals surface area contributed by atoms with Gasteiger partial charge in [-0.3, -0.25) is 0 Å². The van der Waals surface area contributed by atoms with E-state index in [-0.39, 0.29) is 12.0 Å². The van der Waals surface area contributed by atoms with Crippen LogP contribution in [0.1, 0.15) is 27.5 Å². The summed E-state index contributed by atoms with van der Waals surface area (Å²) >= 11 is 0. The lowest BCUT2D eigenvalue weighted by molar-refractivity contribution is 0.0600. The lowest BCUT2D eigenvalue weighted by Gasteiger charge is -2.16. The Morgan fingerprint density at radius 3 is 2.71 bits per heavy atom. The third-order valence-electron chi connectivity index (χ3n) is 3.65. The van der Waals surface area contributed by atoms with Crippen molar-refractivity contribution < 1.29 is 14.3 Å². The SMILES string of the molecule is COC(=O)c1ccc(C2COc3ccccc3CN2)cc1. The highest BCUT2D eigenvalue weighted by Crippen LogP contribution is 2.25. The van der Waals surface area contributed by atoms with Crippen LogP contribution in [0, 0.1) is 0 Å². The summed E-state index contributed by atoms with van der Waals surface area (Å²) in [5.41, 5.74) is 2.81. The first-order chi connectivity index (χ1) is 10.3. The molecule has 4 heteroatoms. The van der Waals surface area contributed by atoms with Crippen molar-refractivity contribution in [2.45, 2.75) is 12.6 Å². The first kappa shape index (κ1) is 13.6. The van der Waals surface area contributed by atoms with Crippen molar-refractivity contribution in [2.75, 3.05) is 13.7 Å². The molecule has 0 aromatic heterocycles. The van der Waals surface area contributed by atoms with Gasteiger partial charge < -0.3 is 14.8 Å². The van der Waals surface area contributed by atoms with Crippen molar-refractivity contribution in [1.82, 2.24) is 5.32 Å². The van der Waals surface area contributed by atoms with Crippen molar-refractivity contribution >= 4 is 5.97 Å². The van der Waals surface area contributed by atoms with Gasteiger partial charge in [0.25, 0.3) is 0 Å². The number of rotatable bonds is 2. The van der Waals surface area contributed by atoms with Crippen LogP contribution in [0.15, 0.2) is 48.5 Å². The average molecular weight is 283 g/mol. The number of ether oxygens (including phenoxy) is 2. The number of carbonyl (C=O) groups excluding carboxylic acids is 1. The van der Waals surface area contributed by atoms with Crippen molar-refractivity contribution in [3.63, 3.8) is 0 Å². The molecule has 1 aliphatic heterocycles. The second-order valence-electron chi connectivity index (χ2n) is 4.97. The second kappa shape index (κ2) is 5.97. The molecule has 2 aromatic rings. The molecule has 1 heterocycles. The third-order valence-corrected chi connectivity index (χ3v) is 3.65. The van der Waals surface area contributed by atoms with Crippen LogP contribution in [0.3, 0.4) is 0 Å². The summed E-state index contributed by atoms with van der Waals surface area (Å²) in [5.74, 6) is 0.609. The summed E-state index contributed by atoms with van der Waals surface area (Å²) in [6.07, 6.45) is 0. The van der Waals surface area contributed by atoms with E-state index < -0.39 is 0 Å². The Kier molecular flexibility index (Phi) is 3.88. The van der Waals surface area contributed by atoms with Gasteiger partial charge in [0.15, 0.2) is 0 Å². The molecular weight excluding hydrogens is 266 g/mol. The van der Waals surface area contributed by atoms with E-state index >= 15 is 0 Å². The summed E-state index contributed by atoms with van der Waals surface area (Å²) in [7, 11) is 1.38. The molecule has 3 rings (SSSR count). The lowest BCUT2D eigenvalue weighted by Crippen LogP contribution is -2.23. The number of hydrogen-bond acceptors (Lipinski definition) is 4. The molecule has 0 saturated carbocycles. The second-order valence-corrected chi connectivity index (χ2v) is 4.97. The predicted octanol–water partition coefficient (Wildman–Crippen LogP) is 2.70. The van der Waals surface area contributed by atoms with Crippen molar-refractivity contribution in [3.8, 4) is 5.75 Å². The number of fused-ring (bicyclic) bond motifs is 1. The standard InChI is InChI=1S/C17H17NO3/c1-20-17(19)13-8-6-12(7-9-13)15-11-21-16-5-3-2-4-14(16)10-18-15/h2-9,15,18H,10-11H2,1H3. The third kappa shape index (κ3) is 2.90. The maximum atomic E-state index is 11.4. The molecule has 2 aromatic carbocycles. The number of methoxy groups -OCH3 is 1. The number of hydrogen-bond donors (Lipinski definition) is 1. The Morgan fingerprint density at radius 1 is 1.19 bits per heavy atom. The van der Waals surface area contributed by atoms with E-state index in [9.17, 15) is 4.79 Å². The molecule has 0 fully saturated rings. The van der Waals surface area contributed by atoms with Gasteiger partial charge in [0, 0.05) is 12.1 Å². The molecule has 0 saturated heterocycles. The van der Waals surface area contributed by atoms with E-state index in [2.05, 4.69) is 11.4 Å². The molecule has 0 radical (unpaired) electrons. The summed E-state index contributed by atoms with van der Waals surface area (Å²) in [6, 6.07) is 15.6. The predicted molar refractivity (Wildman–Crippen MR) is 79.3 cm³/mol. The highest BCUT2D eigenvalue weighted by atomic mass is 16.5. The summed E-state index contributed by atoms with van der Waals surface area (Å²) < 4.78 is 10.6. The normalized spacial score (nSPS) is 17.3. The monoisotopic (exact) mass is 283 g/mol. The van der Waals surface area contributed by atoms with Crippen LogP contribution in [-0.2, 0) is 11.3 Å². The van der Waals surface area contributed by atoms with Crippen LogP contribution in [0.2, 0.25) is 0 Å². The summed E-state index contributed by atoms with van der Waals surface area (Å²) in [6.45, 7) is 1.33. The molecule has 0 bridgehead atoms. The molecule has 0 spiro atoms. The molecule has 1 N–H and O–H groups in total. The smallest absolute Gasteiger partial charge is 0.337 e. The van der Waals surface area contributed by atoms with Crippen molar-refractivity contribution in [2.24, 2.45) is 0 Å². The Balaban J connectivity index is 1.75. The van der Waals surface area contributed by atoms with Gasteiger partial charge in [0.2, 0.25) is 0 Å². The van der Waals surface area contributed by atoms with E-state index in [1.165, 1.54) is 7.11 Å². The van der Waals surface area contributed by atoms with Crippen molar-refractivity contribution in [1.29, 1.82) is 0 Å². The number of para-hydroxylation sites is 1.